The Hall–Kier alpha value is -1.36. The second kappa shape index (κ2) is 4.96. The summed E-state index contributed by atoms with van der Waals surface area (Å²) >= 11 is 0. The van der Waals surface area contributed by atoms with E-state index in [1.54, 1.807) is 4.90 Å². The van der Waals surface area contributed by atoms with Gasteiger partial charge >= 0.3 is 5.97 Å². The van der Waals surface area contributed by atoms with Gasteiger partial charge in [0.15, 0.2) is 6.04 Å². The molecular weight excluding hydrogens is 246 g/mol. The van der Waals surface area contributed by atoms with Gasteiger partial charge in [0.1, 0.15) is 0 Å². The van der Waals surface area contributed by atoms with Crippen LogP contribution in [-0.2, 0) is 19.1 Å². The van der Waals surface area contributed by atoms with Crippen LogP contribution < -0.4 is 0 Å². The summed E-state index contributed by atoms with van der Waals surface area (Å²) in [5.74, 6) is 0.665. The van der Waals surface area contributed by atoms with E-state index < -0.39 is 6.04 Å². The Morgan fingerprint density at radius 1 is 1.32 bits per heavy atom. The standard InChI is InChI=1S/C14H19NO4/c1-18-14(17)12-8-19-5-4-15(12)13(16)11-7-9-2-3-10(11)6-9/h2-3,9-12H,4-8H2,1H3. The van der Waals surface area contributed by atoms with Gasteiger partial charge in [0.05, 0.1) is 20.3 Å². The van der Waals surface area contributed by atoms with Crippen molar-refractivity contribution in [1.82, 2.24) is 4.90 Å². The molecule has 0 aromatic carbocycles. The molecule has 0 aromatic rings. The lowest BCUT2D eigenvalue weighted by atomic mass is 9.91. The molecule has 1 heterocycles. The van der Waals surface area contributed by atoms with Crippen LogP contribution in [0.4, 0.5) is 0 Å². The largest absolute Gasteiger partial charge is 0.467 e. The number of carbonyl (C=O) groups excluding carboxylic acids is 2. The van der Waals surface area contributed by atoms with Gasteiger partial charge in [-0.15, -0.1) is 0 Å². The van der Waals surface area contributed by atoms with Gasteiger partial charge in [-0.3, -0.25) is 4.79 Å². The van der Waals surface area contributed by atoms with E-state index >= 15 is 0 Å². The maximum Gasteiger partial charge on any atom is 0.331 e. The van der Waals surface area contributed by atoms with Crippen molar-refractivity contribution in [2.24, 2.45) is 17.8 Å². The number of allylic oxidation sites excluding steroid dienone is 2. The number of morpholine rings is 1. The summed E-state index contributed by atoms with van der Waals surface area (Å²) in [4.78, 5) is 26.1. The van der Waals surface area contributed by atoms with Gasteiger partial charge in [-0.2, -0.15) is 0 Å². The molecule has 1 saturated carbocycles. The lowest BCUT2D eigenvalue weighted by molar-refractivity contribution is -0.163. The maximum atomic E-state index is 12.6. The molecule has 5 nitrogen and oxygen atoms in total. The van der Waals surface area contributed by atoms with Crippen LogP contribution in [-0.4, -0.2) is 49.7 Å². The second-order valence-corrected chi connectivity index (χ2v) is 5.53. The molecule has 0 radical (unpaired) electrons. The van der Waals surface area contributed by atoms with Crippen LogP contribution in [0.3, 0.4) is 0 Å². The van der Waals surface area contributed by atoms with Crippen molar-refractivity contribution in [1.29, 1.82) is 0 Å². The molecule has 104 valence electrons. The van der Waals surface area contributed by atoms with E-state index in [9.17, 15) is 9.59 Å². The number of nitrogens with zero attached hydrogens (tertiary/aromatic N) is 1. The summed E-state index contributed by atoms with van der Waals surface area (Å²) in [6.07, 6.45) is 6.38. The van der Waals surface area contributed by atoms with Crippen LogP contribution in [0, 0.1) is 17.8 Å². The molecule has 1 saturated heterocycles. The Morgan fingerprint density at radius 3 is 2.79 bits per heavy atom. The molecule has 2 bridgehead atoms. The first kappa shape index (κ1) is 12.7. The van der Waals surface area contributed by atoms with E-state index in [4.69, 9.17) is 9.47 Å². The monoisotopic (exact) mass is 265 g/mol. The average molecular weight is 265 g/mol. The summed E-state index contributed by atoms with van der Waals surface area (Å²) in [6.45, 7) is 1.22. The molecule has 3 aliphatic rings. The summed E-state index contributed by atoms with van der Waals surface area (Å²) in [5.41, 5.74) is 0. The smallest absolute Gasteiger partial charge is 0.331 e. The van der Waals surface area contributed by atoms with Crippen molar-refractivity contribution in [3.63, 3.8) is 0 Å². The molecule has 4 atom stereocenters. The van der Waals surface area contributed by atoms with E-state index in [-0.39, 0.29) is 24.4 Å². The van der Waals surface area contributed by atoms with Gasteiger partial charge in [-0.05, 0) is 24.7 Å². The number of methoxy groups -OCH3 is 1. The minimum Gasteiger partial charge on any atom is -0.467 e. The molecule has 0 spiro atoms. The maximum absolute atomic E-state index is 12.6. The van der Waals surface area contributed by atoms with Crippen molar-refractivity contribution in [3.05, 3.63) is 12.2 Å². The molecule has 3 rings (SSSR count). The highest BCUT2D eigenvalue weighted by atomic mass is 16.5. The Balaban J connectivity index is 1.73. The third kappa shape index (κ3) is 2.16. The molecule has 0 N–H and O–H groups in total. The fraction of sp³-hybridized carbons (Fsp3) is 0.714. The number of esters is 1. The lowest BCUT2D eigenvalue weighted by Gasteiger charge is -2.36. The fourth-order valence-corrected chi connectivity index (χ4v) is 3.48. The van der Waals surface area contributed by atoms with Gasteiger partial charge < -0.3 is 14.4 Å². The first-order valence-electron chi connectivity index (χ1n) is 6.85. The minimum absolute atomic E-state index is 0.0419. The van der Waals surface area contributed by atoms with E-state index in [2.05, 4.69) is 12.2 Å². The van der Waals surface area contributed by atoms with Gasteiger partial charge in [0, 0.05) is 12.5 Å². The van der Waals surface area contributed by atoms with Crippen molar-refractivity contribution in [2.75, 3.05) is 26.9 Å². The number of hydrogen-bond acceptors (Lipinski definition) is 4. The average Bonchev–Trinajstić information content (AvgIpc) is 3.08. The van der Waals surface area contributed by atoms with E-state index in [0.29, 0.717) is 25.0 Å². The molecule has 2 aliphatic carbocycles. The summed E-state index contributed by atoms with van der Waals surface area (Å²) in [7, 11) is 1.35. The Morgan fingerprint density at radius 2 is 2.16 bits per heavy atom. The van der Waals surface area contributed by atoms with Crippen molar-refractivity contribution < 1.29 is 19.1 Å². The molecular formula is C14H19NO4. The van der Waals surface area contributed by atoms with Gasteiger partial charge in [-0.1, -0.05) is 12.2 Å². The normalized spacial score (nSPS) is 36.6. The van der Waals surface area contributed by atoms with Crippen LogP contribution in [0.25, 0.3) is 0 Å². The second-order valence-electron chi connectivity index (χ2n) is 5.53. The zero-order valence-electron chi connectivity index (χ0n) is 11.1. The number of ether oxygens (including phenoxy) is 2. The van der Waals surface area contributed by atoms with Crippen LogP contribution in [0.2, 0.25) is 0 Å². The summed E-state index contributed by atoms with van der Waals surface area (Å²) < 4.78 is 10.1. The topological polar surface area (TPSA) is 55.8 Å². The quantitative estimate of drug-likeness (QED) is 0.542. The highest BCUT2D eigenvalue weighted by Gasteiger charge is 2.44. The van der Waals surface area contributed by atoms with Crippen molar-refractivity contribution in [3.8, 4) is 0 Å². The van der Waals surface area contributed by atoms with Crippen LogP contribution >= 0.6 is 0 Å². The number of amides is 1. The number of rotatable bonds is 2. The van der Waals surface area contributed by atoms with Crippen LogP contribution in [0.1, 0.15) is 12.8 Å². The fourth-order valence-electron chi connectivity index (χ4n) is 3.48. The van der Waals surface area contributed by atoms with Gasteiger partial charge in [0.25, 0.3) is 0 Å². The number of hydrogen-bond donors (Lipinski definition) is 0. The Bertz CT molecular complexity index is 420. The Kier molecular flexibility index (Phi) is 3.31. The number of fused-ring (bicyclic) bond motifs is 2. The van der Waals surface area contributed by atoms with E-state index in [1.165, 1.54) is 7.11 Å². The lowest BCUT2D eigenvalue weighted by Crippen LogP contribution is -2.55. The zero-order chi connectivity index (χ0) is 13.4. The SMILES string of the molecule is COC(=O)C1COCCN1C(=O)C1CC2C=CC1C2. The highest BCUT2D eigenvalue weighted by Crippen LogP contribution is 2.44. The van der Waals surface area contributed by atoms with Gasteiger partial charge in [0.2, 0.25) is 5.91 Å². The van der Waals surface area contributed by atoms with Crippen LogP contribution in [0.15, 0.2) is 12.2 Å². The Labute approximate surface area is 112 Å². The van der Waals surface area contributed by atoms with Gasteiger partial charge in [-0.25, -0.2) is 4.79 Å². The van der Waals surface area contributed by atoms with E-state index in [0.717, 1.165) is 12.8 Å². The number of carbonyl (C=O) groups is 2. The molecule has 2 fully saturated rings. The first-order chi connectivity index (χ1) is 9.20. The predicted molar refractivity (Wildman–Crippen MR) is 67.2 cm³/mol. The van der Waals surface area contributed by atoms with Crippen molar-refractivity contribution >= 4 is 11.9 Å². The summed E-state index contributed by atoms with van der Waals surface area (Å²) in [5, 5.41) is 0. The first-order valence-corrected chi connectivity index (χ1v) is 6.85. The molecule has 1 amide bonds. The third-order valence-electron chi connectivity index (χ3n) is 4.48. The zero-order valence-corrected chi connectivity index (χ0v) is 11.1. The molecule has 1 aliphatic heterocycles. The molecule has 5 heteroatoms. The third-order valence-corrected chi connectivity index (χ3v) is 4.48. The molecule has 4 unspecified atom stereocenters. The summed E-state index contributed by atoms with van der Waals surface area (Å²) in [6, 6.07) is -0.575. The minimum atomic E-state index is -0.575. The molecule has 19 heavy (non-hydrogen) atoms. The highest BCUT2D eigenvalue weighted by molar-refractivity contribution is 5.86. The van der Waals surface area contributed by atoms with Crippen molar-refractivity contribution in [2.45, 2.75) is 18.9 Å². The van der Waals surface area contributed by atoms with Crippen LogP contribution in [0.5, 0.6) is 0 Å². The predicted octanol–water partition coefficient (Wildman–Crippen LogP) is 0.599. The van der Waals surface area contributed by atoms with E-state index in [1.807, 2.05) is 0 Å². The molecule has 0 aromatic heterocycles.